The van der Waals surface area contributed by atoms with Crippen LogP contribution in [-0.4, -0.2) is 23.1 Å². The molecular weight excluding hydrogens is 212 g/mol. The summed E-state index contributed by atoms with van der Waals surface area (Å²) in [5, 5.41) is 6.56. The fourth-order valence-corrected chi connectivity index (χ4v) is 1.29. The number of hydrogen-bond donors (Lipinski definition) is 2. The maximum atomic E-state index is 4.46. The smallest absolute Gasteiger partial charge is 0.146 e. The summed E-state index contributed by atoms with van der Waals surface area (Å²) in [5.74, 6) is 2.99. The summed E-state index contributed by atoms with van der Waals surface area (Å²) >= 11 is 0. The second-order valence-electron chi connectivity index (χ2n) is 4.82. The Kier molecular flexibility index (Phi) is 5.73. The van der Waals surface area contributed by atoms with Crippen molar-refractivity contribution in [1.82, 2.24) is 9.97 Å². The molecule has 0 bridgehead atoms. The average Bonchev–Trinajstić information content (AvgIpc) is 2.33. The first-order chi connectivity index (χ1) is 8.13. The lowest BCUT2D eigenvalue weighted by molar-refractivity contribution is 0.439. The maximum absolute atomic E-state index is 4.46. The van der Waals surface area contributed by atoms with Crippen LogP contribution in [-0.2, 0) is 0 Å². The average molecular weight is 236 g/mol. The van der Waals surface area contributed by atoms with E-state index in [1.54, 1.807) is 12.4 Å². The predicted molar refractivity (Wildman–Crippen MR) is 73.3 cm³/mol. The van der Waals surface area contributed by atoms with Gasteiger partial charge in [0.1, 0.15) is 11.6 Å². The Morgan fingerprint density at radius 1 is 1.12 bits per heavy atom. The largest absolute Gasteiger partial charge is 0.369 e. The van der Waals surface area contributed by atoms with Gasteiger partial charge in [-0.15, -0.1) is 0 Å². The van der Waals surface area contributed by atoms with Crippen molar-refractivity contribution in [3.05, 3.63) is 12.4 Å². The molecule has 96 valence electrons. The monoisotopic (exact) mass is 236 g/mol. The van der Waals surface area contributed by atoms with Crippen molar-refractivity contribution >= 4 is 11.6 Å². The first-order valence-electron chi connectivity index (χ1n) is 6.43. The molecular formula is C13H24N4. The van der Waals surface area contributed by atoms with Crippen LogP contribution in [0.5, 0.6) is 0 Å². The summed E-state index contributed by atoms with van der Waals surface area (Å²) < 4.78 is 0. The van der Waals surface area contributed by atoms with E-state index in [1.807, 2.05) is 0 Å². The minimum atomic E-state index is 0.629. The van der Waals surface area contributed by atoms with Gasteiger partial charge in [-0.2, -0.15) is 0 Å². The summed E-state index contributed by atoms with van der Waals surface area (Å²) in [6.07, 6.45) is 4.61. The Hall–Kier alpha value is -1.32. The molecule has 1 unspecified atom stereocenters. The van der Waals surface area contributed by atoms with Gasteiger partial charge in [-0.05, 0) is 18.3 Å². The van der Waals surface area contributed by atoms with E-state index in [0.29, 0.717) is 11.8 Å². The molecule has 0 spiro atoms. The predicted octanol–water partition coefficient (Wildman–Crippen LogP) is 3.00. The van der Waals surface area contributed by atoms with Gasteiger partial charge in [0.15, 0.2) is 0 Å². The highest BCUT2D eigenvalue weighted by molar-refractivity contribution is 5.41. The minimum Gasteiger partial charge on any atom is -0.369 e. The van der Waals surface area contributed by atoms with Crippen molar-refractivity contribution in [3.63, 3.8) is 0 Å². The van der Waals surface area contributed by atoms with Crippen LogP contribution in [0, 0.1) is 11.8 Å². The van der Waals surface area contributed by atoms with Gasteiger partial charge in [0.05, 0.1) is 12.4 Å². The lowest BCUT2D eigenvalue weighted by atomic mass is 9.98. The number of nitrogens with zero attached hydrogens (tertiary/aromatic N) is 2. The number of nitrogens with one attached hydrogen (secondary N) is 2. The van der Waals surface area contributed by atoms with Gasteiger partial charge in [0, 0.05) is 13.1 Å². The fraction of sp³-hybridized carbons (Fsp3) is 0.692. The minimum absolute atomic E-state index is 0.629. The SMILES string of the molecule is CCCNc1cncc(NCC(C)C(C)C)n1. The second kappa shape index (κ2) is 7.09. The summed E-state index contributed by atoms with van der Waals surface area (Å²) in [4.78, 5) is 8.63. The molecule has 0 aliphatic rings. The Balaban J connectivity index is 2.48. The van der Waals surface area contributed by atoms with Crippen LogP contribution in [0.25, 0.3) is 0 Å². The zero-order valence-corrected chi connectivity index (χ0v) is 11.3. The Morgan fingerprint density at radius 2 is 1.76 bits per heavy atom. The van der Waals surface area contributed by atoms with Crippen LogP contribution >= 0.6 is 0 Å². The van der Waals surface area contributed by atoms with E-state index in [1.165, 1.54) is 0 Å². The molecule has 0 aromatic carbocycles. The lowest BCUT2D eigenvalue weighted by Gasteiger charge is -2.16. The first-order valence-corrected chi connectivity index (χ1v) is 6.43. The van der Waals surface area contributed by atoms with E-state index in [0.717, 1.165) is 31.1 Å². The molecule has 1 atom stereocenters. The standard InChI is InChI=1S/C13H24N4/c1-5-6-15-12-8-14-9-13(17-12)16-7-11(4)10(2)3/h8-11H,5-7H2,1-4H3,(H2,15,16,17). The van der Waals surface area contributed by atoms with Crippen LogP contribution in [0.1, 0.15) is 34.1 Å². The van der Waals surface area contributed by atoms with E-state index in [2.05, 4.69) is 48.3 Å². The van der Waals surface area contributed by atoms with Crippen molar-refractivity contribution in [3.8, 4) is 0 Å². The van der Waals surface area contributed by atoms with Crippen molar-refractivity contribution < 1.29 is 0 Å². The van der Waals surface area contributed by atoms with Gasteiger partial charge in [-0.25, -0.2) is 4.98 Å². The Morgan fingerprint density at radius 3 is 2.35 bits per heavy atom. The third kappa shape index (κ3) is 5.02. The second-order valence-corrected chi connectivity index (χ2v) is 4.82. The Bertz CT molecular complexity index is 325. The number of aromatic nitrogens is 2. The quantitative estimate of drug-likeness (QED) is 0.764. The van der Waals surface area contributed by atoms with Crippen molar-refractivity contribution in [1.29, 1.82) is 0 Å². The van der Waals surface area contributed by atoms with E-state index in [-0.39, 0.29) is 0 Å². The van der Waals surface area contributed by atoms with Gasteiger partial charge in [-0.3, -0.25) is 4.98 Å². The van der Waals surface area contributed by atoms with Crippen molar-refractivity contribution in [2.24, 2.45) is 11.8 Å². The molecule has 4 nitrogen and oxygen atoms in total. The molecule has 1 aromatic rings. The molecule has 0 fully saturated rings. The highest BCUT2D eigenvalue weighted by Gasteiger charge is 2.07. The molecule has 17 heavy (non-hydrogen) atoms. The number of hydrogen-bond acceptors (Lipinski definition) is 4. The van der Waals surface area contributed by atoms with Crippen molar-refractivity contribution in [2.75, 3.05) is 23.7 Å². The van der Waals surface area contributed by atoms with E-state index in [4.69, 9.17) is 0 Å². The zero-order chi connectivity index (χ0) is 12.7. The van der Waals surface area contributed by atoms with Crippen LogP contribution in [0.3, 0.4) is 0 Å². The maximum Gasteiger partial charge on any atom is 0.146 e. The molecule has 0 aliphatic carbocycles. The number of rotatable bonds is 7. The molecule has 0 saturated carbocycles. The third-order valence-corrected chi connectivity index (χ3v) is 2.93. The number of anilines is 2. The molecule has 1 heterocycles. The zero-order valence-electron chi connectivity index (χ0n) is 11.3. The normalized spacial score (nSPS) is 12.5. The van der Waals surface area contributed by atoms with Gasteiger partial charge in [0.2, 0.25) is 0 Å². The van der Waals surface area contributed by atoms with Gasteiger partial charge < -0.3 is 10.6 Å². The van der Waals surface area contributed by atoms with E-state index >= 15 is 0 Å². The van der Waals surface area contributed by atoms with Crippen LogP contribution in [0.4, 0.5) is 11.6 Å². The first kappa shape index (κ1) is 13.7. The summed E-state index contributed by atoms with van der Waals surface area (Å²) in [6.45, 7) is 10.7. The molecule has 0 saturated heterocycles. The molecule has 4 heteroatoms. The molecule has 0 amide bonds. The summed E-state index contributed by atoms with van der Waals surface area (Å²) in [6, 6.07) is 0. The van der Waals surface area contributed by atoms with Crippen LogP contribution in [0.2, 0.25) is 0 Å². The summed E-state index contributed by atoms with van der Waals surface area (Å²) in [5.41, 5.74) is 0. The summed E-state index contributed by atoms with van der Waals surface area (Å²) in [7, 11) is 0. The van der Waals surface area contributed by atoms with Crippen LogP contribution in [0.15, 0.2) is 12.4 Å². The van der Waals surface area contributed by atoms with E-state index < -0.39 is 0 Å². The molecule has 0 radical (unpaired) electrons. The Labute approximate surface area is 104 Å². The highest BCUT2D eigenvalue weighted by Crippen LogP contribution is 2.12. The van der Waals surface area contributed by atoms with Crippen molar-refractivity contribution in [2.45, 2.75) is 34.1 Å². The van der Waals surface area contributed by atoms with Gasteiger partial charge in [-0.1, -0.05) is 27.7 Å². The van der Waals surface area contributed by atoms with Crippen LogP contribution < -0.4 is 10.6 Å². The molecule has 1 aromatic heterocycles. The topological polar surface area (TPSA) is 49.8 Å². The van der Waals surface area contributed by atoms with Gasteiger partial charge in [0.25, 0.3) is 0 Å². The molecule has 2 N–H and O–H groups in total. The fourth-order valence-electron chi connectivity index (χ4n) is 1.29. The lowest BCUT2D eigenvalue weighted by Crippen LogP contribution is -2.17. The molecule has 0 aliphatic heterocycles. The van der Waals surface area contributed by atoms with E-state index in [9.17, 15) is 0 Å². The highest BCUT2D eigenvalue weighted by atomic mass is 15.1. The third-order valence-electron chi connectivity index (χ3n) is 2.93. The molecule has 1 rings (SSSR count). The van der Waals surface area contributed by atoms with Gasteiger partial charge >= 0.3 is 0 Å².